The Kier molecular flexibility index (Phi) is 4.23. The predicted molar refractivity (Wildman–Crippen MR) is 92.7 cm³/mol. The van der Waals surface area contributed by atoms with Crippen LogP contribution < -0.4 is 15.4 Å². The van der Waals surface area contributed by atoms with Crippen molar-refractivity contribution in [1.82, 2.24) is 0 Å². The molecule has 3 nitrogen and oxygen atoms in total. The fourth-order valence-corrected chi connectivity index (χ4v) is 3.36. The monoisotopic (exact) mass is 296 g/mol. The van der Waals surface area contributed by atoms with Gasteiger partial charge >= 0.3 is 0 Å². The normalized spacial score (nSPS) is 16.6. The standard InChI is InChI=1S/C19H24N2O/c1-14-12-16-7-3-4-8-18(16)21(14)11-5-6-15-9-10-19(22-2)17(20)13-15/h3-4,7-10,13-14H,5-6,11-12,20H2,1-2H3. The smallest absolute Gasteiger partial charge is 0.141 e. The maximum absolute atomic E-state index is 5.98. The second kappa shape index (κ2) is 6.30. The minimum absolute atomic E-state index is 0.596. The first-order valence-corrected chi connectivity index (χ1v) is 7.96. The summed E-state index contributed by atoms with van der Waals surface area (Å²) in [4.78, 5) is 2.53. The van der Waals surface area contributed by atoms with Crippen LogP contribution in [-0.4, -0.2) is 19.7 Å². The van der Waals surface area contributed by atoms with Gasteiger partial charge in [0.2, 0.25) is 0 Å². The van der Waals surface area contributed by atoms with E-state index in [4.69, 9.17) is 10.5 Å². The van der Waals surface area contributed by atoms with Crippen molar-refractivity contribution in [2.45, 2.75) is 32.2 Å². The number of fused-ring (bicyclic) bond motifs is 1. The Bertz CT molecular complexity index is 654. The van der Waals surface area contributed by atoms with Gasteiger partial charge in [0.25, 0.3) is 0 Å². The molecule has 116 valence electrons. The number of para-hydroxylation sites is 1. The second-order valence-electron chi connectivity index (χ2n) is 6.06. The van der Waals surface area contributed by atoms with Gasteiger partial charge in [-0.3, -0.25) is 0 Å². The molecule has 0 spiro atoms. The van der Waals surface area contributed by atoms with E-state index in [1.54, 1.807) is 7.11 Å². The Labute approximate surface area is 132 Å². The molecule has 0 saturated heterocycles. The van der Waals surface area contributed by atoms with Crippen LogP contribution in [0.5, 0.6) is 5.75 Å². The van der Waals surface area contributed by atoms with E-state index in [2.05, 4.69) is 42.2 Å². The van der Waals surface area contributed by atoms with Gasteiger partial charge in [0.15, 0.2) is 0 Å². The molecule has 1 aliphatic rings. The van der Waals surface area contributed by atoms with Crippen LogP contribution in [0.3, 0.4) is 0 Å². The van der Waals surface area contributed by atoms with Gasteiger partial charge in [-0.1, -0.05) is 24.3 Å². The number of methoxy groups -OCH3 is 1. The zero-order chi connectivity index (χ0) is 15.5. The van der Waals surface area contributed by atoms with Crippen molar-refractivity contribution in [3.8, 4) is 5.75 Å². The van der Waals surface area contributed by atoms with Crippen molar-refractivity contribution in [1.29, 1.82) is 0 Å². The van der Waals surface area contributed by atoms with Gasteiger partial charge in [-0.05, 0) is 55.5 Å². The molecule has 2 N–H and O–H groups in total. The number of ether oxygens (including phenoxy) is 1. The number of aryl methyl sites for hydroxylation is 1. The minimum Gasteiger partial charge on any atom is -0.495 e. The summed E-state index contributed by atoms with van der Waals surface area (Å²) >= 11 is 0. The molecule has 0 bridgehead atoms. The molecule has 0 aliphatic carbocycles. The van der Waals surface area contributed by atoms with Gasteiger partial charge in [-0.2, -0.15) is 0 Å². The second-order valence-corrected chi connectivity index (χ2v) is 6.06. The first-order valence-electron chi connectivity index (χ1n) is 7.96. The SMILES string of the molecule is COc1ccc(CCCN2c3ccccc3CC2C)cc1N. The number of nitrogens with zero attached hydrogens (tertiary/aromatic N) is 1. The summed E-state index contributed by atoms with van der Waals surface area (Å²) in [7, 11) is 1.65. The molecule has 0 saturated carbocycles. The Morgan fingerprint density at radius 1 is 1.23 bits per heavy atom. The molecule has 22 heavy (non-hydrogen) atoms. The zero-order valence-corrected chi connectivity index (χ0v) is 13.4. The highest BCUT2D eigenvalue weighted by molar-refractivity contribution is 5.59. The van der Waals surface area contributed by atoms with Crippen LogP contribution in [0.15, 0.2) is 42.5 Å². The van der Waals surface area contributed by atoms with E-state index in [9.17, 15) is 0 Å². The maximum Gasteiger partial charge on any atom is 0.141 e. The highest BCUT2D eigenvalue weighted by Gasteiger charge is 2.24. The van der Waals surface area contributed by atoms with Crippen LogP contribution in [0, 0.1) is 0 Å². The van der Waals surface area contributed by atoms with Crippen molar-refractivity contribution < 1.29 is 4.74 Å². The lowest BCUT2D eigenvalue weighted by molar-refractivity contribution is 0.417. The average Bonchev–Trinajstić information content (AvgIpc) is 2.83. The summed E-state index contributed by atoms with van der Waals surface area (Å²) in [6, 6.07) is 15.4. The predicted octanol–water partition coefficient (Wildman–Crippen LogP) is 3.66. The van der Waals surface area contributed by atoms with Gasteiger partial charge in [0.05, 0.1) is 12.8 Å². The highest BCUT2D eigenvalue weighted by atomic mass is 16.5. The lowest BCUT2D eigenvalue weighted by Crippen LogP contribution is -2.30. The Morgan fingerprint density at radius 3 is 2.82 bits per heavy atom. The first kappa shape index (κ1) is 14.8. The van der Waals surface area contributed by atoms with Gasteiger partial charge < -0.3 is 15.4 Å². The summed E-state index contributed by atoms with van der Waals surface area (Å²) < 4.78 is 5.21. The fourth-order valence-electron chi connectivity index (χ4n) is 3.36. The number of hydrogen-bond donors (Lipinski definition) is 1. The molecular formula is C19H24N2O. The Balaban J connectivity index is 1.60. The van der Waals surface area contributed by atoms with Crippen molar-refractivity contribution in [2.75, 3.05) is 24.3 Å². The van der Waals surface area contributed by atoms with Gasteiger partial charge in [0.1, 0.15) is 5.75 Å². The molecule has 3 heteroatoms. The quantitative estimate of drug-likeness (QED) is 0.856. The lowest BCUT2D eigenvalue weighted by Gasteiger charge is -2.25. The van der Waals surface area contributed by atoms with Crippen LogP contribution in [0.1, 0.15) is 24.5 Å². The van der Waals surface area contributed by atoms with E-state index in [0.717, 1.165) is 37.2 Å². The van der Waals surface area contributed by atoms with Crippen molar-refractivity contribution in [2.24, 2.45) is 0 Å². The fraction of sp³-hybridized carbons (Fsp3) is 0.368. The number of hydrogen-bond acceptors (Lipinski definition) is 3. The van der Waals surface area contributed by atoms with E-state index in [-0.39, 0.29) is 0 Å². The van der Waals surface area contributed by atoms with E-state index in [1.807, 2.05) is 12.1 Å². The summed E-state index contributed by atoms with van der Waals surface area (Å²) in [5, 5.41) is 0. The largest absolute Gasteiger partial charge is 0.495 e. The van der Waals surface area contributed by atoms with Crippen LogP contribution in [-0.2, 0) is 12.8 Å². The number of anilines is 2. The third-order valence-electron chi connectivity index (χ3n) is 4.51. The summed E-state index contributed by atoms with van der Waals surface area (Å²) in [5.74, 6) is 0.755. The first-order chi connectivity index (χ1) is 10.7. The molecule has 1 atom stereocenters. The molecule has 3 rings (SSSR count). The third kappa shape index (κ3) is 2.89. The van der Waals surface area contributed by atoms with Crippen molar-refractivity contribution in [3.05, 3.63) is 53.6 Å². The Hall–Kier alpha value is -2.16. The highest BCUT2D eigenvalue weighted by Crippen LogP contribution is 2.32. The van der Waals surface area contributed by atoms with Gasteiger partial charge in [-0.15, -0.1) is 0 Å². The number of rotatable bonds is 5. The van der Waals surface area contributed by atoms with E-state index in [1.165, 1.54) is 16.8 Å². The molecule has 0 amide bonds. The summed E-state index contributed by atoms with van der Waals surface area (Å²) in [6.45, 7) is 3.40. The molecule has 1 heterocycles. The lowest BCUT2D eigenvalue weighted by atomic mass is 10.1. The van der Waals surface area contributed by atoms with E-state index >= 15 is 0 Å². The number of benzene rings is 2. The molecule has 1 aliphatic heterocycles. The van der Waals surface area contributed by atoms with E-state index in [0.29, 0.717) is 6.04 Å². The van der Waals surface area contributed by atoms with Gasteiger partial charge in [-0.25, -0.2) is 0 Å². The van der Waals surface area contributed by atoms with Crippen LogP contribution in [0.2, 0.25) is 0 Å². The summed E-state index contributed by atoms with van der Waals surface area (Å²) in [6.07, 6.45) is 3.33. The van der Waals surface area contributed by atoms with Gasteiger partial charge in [0, 0.05) is 18.3 Å². The minimum atomic E-state index is 0.596. The summed E-state index contributed by atoms with van der Waals surface area (Å²) in [5.41, 5.74) is 10.9. The van der Waals surface area contributed by atoms with Crippen LogP contribution in [0.25, 0.3) is 0 Å². The topological polar surface area (TPSA) is 38.5 Å². The molecule has 0 aromatic heterocycles. The molecule has 2 aromatic carbocycles. The maximum atomic E-state index is 5.98. The number of nitrogens with two attached hydrogens (primary N) is 1. The van der Waals surface area contributed by atoms with Crippen molar-refractivity contribution in [3.63, 3.8) is 0 Å². The average molecular weight is 296 g/mol. The van der Waals surface area contributed by atoms with Crippen molar-refractivity contribution >= 4 is 11.4 Å². The number of nitrogen functional groups attached to an aromatic ring is 1. The molecule has 0 fully saturated rings. The Morgan fingerprint density at radius 2 is 2.05 bits per heavy atom. The van der Waals surface area contributed by atoms with E-state index < -0.39 is 0 Å². The molecule has 1 unspecified atom stereocenters. The zero-order valence-electron chi connectivity index (χ0n) is 13.4. The molecule has 2 aromatic rings. The third-order valence-corrected chi connectivity index (χ3v) is 4.51. The molecule has 0 radical (unpaired) electrons. The van der Waals surface area contributed by atoms with Crippen LogP contribution in [0.4, 0.5) is 11.4 Å². The van der Waals surface area contributed by atoms with Crippen LogP contribution >= 0.6 is 0 Å². The molecular weight excluding hydrogens is 272 g/mol.